The van der Waals surface area contributed by atoms with Gasteiger partial charge >= 0.3 is 11.7 Å². The van der Waals surface area contributed by atoms with E-state index in [2.05, 4.69) is 15.6 Å². The second-order valence-corrected chi connectivity index (χ2v) is 6.47. The second-order valence-electron chi connectivity index (χ2n) is 6.47. The standard InChI is InChI=1S/C19H21N5O5/c1-13(25)28-10-6-9-20-15-11-16(23(2)12-14-7-4-3-5-8-14)17-18(22-29-21-17)19(15)24(26)27/h3-5,7-8,11,20H,6,9-10,12H2,1-2H3. The van der Waals surface area contributed by atoms with Crippen molar-refractivity contribution in [1.82, 2.24) is 10.3 Å². The Kier molecular flexibility index (Phi) is 6.22. The Morgan fingerprint density at radius 2 is 2.00 bits per heavy atom. The van der Waals surface area contributed by atoms with E-state index in [0.29, 0.717) is 36.4 Å². The molecule has 0 fully saturated rings. The molecule has 0 spiro atoms. The maximum atomic E-state index is 11.7. The zero-order valence-corrected chi connectivity index (χ0v) is 16.1. The molecule has 3 aromatic rings. The molecule has 152 valence electrons. The van der Waals surface area contributed by atoms with Crippen LogP contribution in [0.2, 0.25) is 0 Å². The third kappa shape index (κ3) is 4.78. The highest BCUT2D eigenvalue weighted by Crippen LogP contribution is 2.38. The minimum Gasteiger partial charge on any atom is -0.466 e. The van der Waals surface area contributed by atoms with Gasteiger partial charge in [-0.2, -0.15) is 0 Å². The fraction of sp³-hybridized carbons (Fsp3) is 0.316. The molecule has 0 bridgehead atoms. The number of anilines is 2. The highest BCUT2D eigenvalue weighted by Gasteiger charge is 2.27. The molecule has 0 unspecified atom stereocenters. The van der Waals surface area contributed by atoms with E-state index in [0.717, 1.165) is 5.56 Å². The van der Waals surface area contributed by atoms with Crippen LogP contribution >= 0.6 is 0 Å². The van der Waals surface area contributed by atoms with Crippen molar-refractivity contribution < 1.29 is 19.1 Å². The predicted octanol–water partition coefficient (Wildman–Crippen LogP) is 3.13. The lowest BCUT2D eigenvalue weighted by atomic mass is 10.1. The largest absolute Gasteiger partial charge is 0.466 e. The second kappa shape index (κ2) is 9.00. The molecule has 0 radical (unpaired) electrons. The summed E-state index contributed by atoms with van der Waals surface area (Å²) < 4.78 is 9.69. The maximum absolute atomic E-state index is 11.7. The lowest BCUT2D eigenvalue weighted by molar-refractivity contribution is -0.382. The monoisotopic (exact) mass is 399 g/mol. The average molecular weight is 399 g/mol. The Morgan fingerprint density at radius 1 is 1.28 bits per heavy atom. The average Bonchev–Trinajstić information content (AvgIpc) is 3.16. The Labute approximate surface area is 166 Å². The van der Waals surface area contributed by atoms with Crippen molar-refractivity contribution in [1.29, 1.82) is 0 Å². The zero-order chi connectivity index (χ0) is 20.8. The molecule has 0 saturated heterocycles. The lowest BCUT2D eigenvalue weighted by Crippen LogP contribution is -2.17. The van der Waals surface area contributed by atoms with Gasteiger partial charge in [-0.3, -0.25) is 14.9 Å². The number of hydrogen-bond acceptors (Lipinski definition) is 9. The van der Waals surface area contributed by atoms with Crippen molar-refractivity contribution in [2.75, 3.05) is 30.4 Å². The molecule has 10 nitrogen and oxygen atoms in total. The molecule has 0 atom stereocenters. The highest BCUT2D eigenvalue weighted by atomic mass is 16.6. The van der Waals surface area contributed by atoms with Gasteiger partial charge in [0.15, 0.2) is 5.52 Å². The van der Waals surface area contributed by atoms with Gasteiger partial charge in [0.1, 0.15) is 5.69 Å². The summed E-state index contributed by atoms with van der Waals surface area (Å²) in [6.45, 7) is 2.52. The van der Waals surface area contributed by atoms with Crippen molar-refractivity contribution in [3.63, 3.8) is 0 Å². The molecule has 0 saturated carbocycles. The first-order valence-electron chi connectivity index (χ1n) is 9.03. The van der Waals surface area contributed by atoms with E-state index < -0.39 is 4.92 Å². The van der Waals surface area contributed by atoms with Crippen LogP contribution < -0.4 is 10.2 Å². The first-order chi connectivity index (χ1) is 14.0. The fourth-order valence-corrected chi connectivity index (χ4v) is 2.98. The SMILES string of the molecule is CC(=O)OCCCNc1cc(N(C)Cc2ccccc2)c2nonc2c1[N+](=O)[O-]. The van der Waals surface area contributed by atoms with Crippen LogP contribution in [0.1, 0.15) is 18.9 Å². The summed E-state index contributed by atoms with van der Waals surface area (Å²) >= 11 is 0. The molecule has 29 heavy (non-hydrogen) atoms. The number of ether oxygens (including phenoxy) is 1. The van der Waals surface area contributed by atoms with Crippen molar-refractivity contribution in [2.45, 2.75) is 19.9 Å². The number of nitrogens with one attached hydrogen (secondary N) is 1. The number of rotatable bonds is 9. The number of aromatic nitrogens is 2. The number of esters is 1. The minimum absolute atomic E-state index is 0.0786. The third-order valence-corrected chi connectivity index (χ3v) is 4.29. The van der Waals surface area contributed by atoms with Crippen LogP contribution in [0.25, 0.3) is 11.0 Å². The van der Waals surface area contributed by atoms with Gasteiger partial charge in [-0.25, -0.2) is 4.63 Å². The van der Waals surface area contributed by atoms with Crippen molar-refractivity contribution in [3.05, 3.63) is 52.1 Å². The van der Waals surface area contributed by atoms with Crippen LogP contribution in [0.3, 0.4) is 0 Å². The van der Waals surface area contributed by atoms with E-state index >= 15 is 0 Å². The van der Waals surface area contributed by atoms with E-state index in [9.17, 15) is 14.9 Å². The summed E-state index contributed by atoms with van der Waals surface area (Å²) in [6, 6.07) is 11.5. The molecule has 10 heteroatoms. The van der Waals surface area contributed by atoms with Crippen LogP contribution in [0.5, 0.6) is 0 Å². The summed E-state index contributed by atoms with van der Waals surface area (Å²) in [7, 11) is 1.87. The summed E-state index contributed by atoms with van der Waals surface area (Å²) in [5.41, 5.74) is 2.23. The number of fused-ring (bicyclic) bond motifs is 1. The summed E-state index contributed by atoms with van der Waals surface area (Å²) in [6.07, 6.45) is 0.501. The van der Waals surface area contributed by atoms with E-state index in [-0.39, 0.29) is 23.8 Å². The topological polar surface area (TPSA) is 124 Å². The van der Waals surface area contributed by atoms with E-state index in [1.165, 1.54) is 6.92 Å². The van der Waals surface area contributed by atoms with Crippen LogP contribution in [-0.2, 0) is 16.1 Å². The van der Waals surface area contributed by atoms with Crippen molar-refractivity contribution >= 4 is 34.1 Å². The van der Waals surface area contributed by atoms with E-state index in [1.807, 2.05) is 42.3 Å². The molecule has 0 aliphatic carbocycles. The number of benzene rings is 2. The number of nitro benzene ring substituents is 1. The van der Waals surface area contributed by atoms with Crippen LogP contribution in [0.15, 0.2) is 41.0 Å². The van der Waals surface area contributed by atoms with Gasteiger partial charge in [0.2, 0.25) is 5.52 Å². The Morgan fingerprint density at radius 3 is 2.69 bits per heavy atom. The van der Waals surface area contributed by atoms with Crippen LogP contribution in [-0.4, -0.2) is 41.4 Å². The molecule has 3 rings (SSSR count). The molecule has 0 aliphatic heterocycles. The van der Waals surface area contributed by atoms with E-state index in [1.54, 1.807) is 6.07 Å². The third-order valence-electron chi connectivity index (χ3n) is 4.29. The zero-order valence-electron chi connectivity index (χ0n) is 16.1. The van der Waals surface area contributed by atoms with Gasteiger partial charge in [-0.05, 0) is 28.4 Å². The van der Waals surface area contributed by atoms with Gasteiger partial charge < -0.3 is 15.0 Å². The molecule has 1 heterocycles. The van der Waals surface area contributed by atoms with Gasteiger partial charge in [0.05, 0.1) is 17.2 Å². The fourth-order valence-electron chi connectivity index (χ4n) is 2.98. The van der Waals surface area contributed by atoms with Crippen LogP contribution in [0, 0.1) is 10.1 Å². The quantitative estimate of drug-likeness (QED) is 0.250. The van der Waals surface area contributed by atoms with Crippen molar-refractivity contribution in [2.24, 2.45) is 0 Å². The summed E-state index contributed by atoms with van der Waals surface area (Å²) in [5, 5.41) is 22.3. The van der Waals surface area contributed by atoms with Crippen LogP contribution in [0.4, 0.5) is 17.1 Å². The van der Waals surface area contributed by atoms with Gasteiger partial charge in [-0.1, -0.05) is 30.3 Å². The molecular weight excluding hydrogens is 378 g/mol. The highest BCUT2D eigenvalue weighted by molar-refractivity contribution is 5.99. The van der Waals surface area contributed by atoms with Gasteiger partial charge in [0, 0.05) is 27.1 Å². The number of nitrogens with zero attached hydrogens (tertiary/aromatic N) is 4. The molecule has 0 amide bonds. The maximum Gasteiger partial charge on any atom is 0.323 e. The smallest absolute Gasteiger partial charge is 0.323 e. The normalized spacial score (nSPS) is 10.7. The number of carbonyl (C=O) groups is 1. The molecule has 1 aromatic heterocycles. The molecule has 0 aliphatic rings. The summed E-state index contributed by atoms with van der Waals surface area (Å²) in [4.78, 5) is 23.9. The van der Waals surface area contributed by atoms with Crippen molar-refractivity contribution in [3.8, 4) is 0 Å². The lowest BCUT2D eigenvalue weighted by Gasteiger charge is -2.20. The molecular formula is C19H21N5O5. The number of hydrogen-bond donors (Lipinski definition) is 1. The Balaban J connectivity index is 1.89. The molecule has 1 N–H and O–H groups in total. The number of nitro groups is 1. The minimum atomic E-state index is -0.512. The van der Waals surface area contributed by atoms with Gasteiger partial charge in [-0.15, -0.1) is 0 Å². The summed E-state index contributed by atoms with van der Waals surface area (Å²) in [5.74, 6) is -0.365. The Hall–Kier alpha value is -3.69. The predicted molar refractivity (Wildman–Crippen MR) is 107 cm³/mol. The van der Waals surface area contributed by atoms with E-state index in [4.69, 9.17) is 9.37 Å². The molecule has 2 aromatic carbocycles. The first kappa shape index (κ1) is 20.1. The van der Waals surface area contributed by atoms with Gasteiger partial charge in [0.25, 0.3) is 0 Å². The first-order valence-corrected chi connectivity index (χ1v) is 9.03. The Bertz CT molecular complexity index is 1000. The number of carbonyl (C=O) groups excluding carboxylic acids is 1.